The Hall–Kier alpha value is -6.73. The van der Waals surface area contributed by atoms with E-state index in [1.165, 1.54) is 0 Å². The van der Waals surface area contributed by atoms with Gasteiger partial charge in [0, 0.05) is 15.9 Å². The molecule has 0 saturated heterocycles. The van der Waals surface area contributed by atoms with Crippen molar-refractivity contribution < 1.29 is 9.55 Å². The van der Waals surface area contributed by atoms with Gasteiger partial charge in [0.25, 0.3) is 11.6 Å². The molecule has 8 aromatic rings. The lowest BCUT2D eigenvalue weighted by Gasteiger charge is -2.22. The topological polar surface area (TPSA) is 80.8 Å². The van der Waals surface area contributed by atoms with E-state index in [9.17, 15) is 5.26 Å². The fraction of sp³-hybridized carbons (Fsp3) is 0. The van der Waals surface area contributed by atoms with Crippen molar-refractivity contribution in [1.82, 2.24) is 9.97 Å². The van der Waals surface area contributed by atoms with Gasteiger partial charge in [-0.05, 0) is 89.0 Å². The van der Waals surface area contributed by atoms with Crippen LogP contribution in [0.3, 0.4) is 0 Å². The normalized spacial score (nSPS) is 11.1. The zero-order valence-electron chi connectivity index (χ0n) is 28.1. The first-order valence-electron chi connectivity index (χ1n) is 17.0. The van der Waals surface area contributed by atoms with E-state index in [0.717, 1.165) is 49.6 Å². The van der Waals surface area contributed by atoms with Crippen LogP contribution in [0, 0.1) is 11.3 Å². The SMILES string of the molecule is N#Cc1cccc(-c2cc(-c3cccc(-c4nc(-c5ccccc5)nc(-c5ccccc5)[nH+]4)c3)cc(P(=O)(c3ccccc3)c3ccccc3)c2)c1. The first-order chi connectivity index (χ1) is 25.6. The van der Waals surface area contributed by atoms with E-state index in [0.29, 0.717) is 28.3 Å². The van der Waals surface area contributed by atoms with Crippen molar-refractivity contribution in [2.24, 2.45) is 0 Å². The monoisotopic (exact) mass is 687 g/mol. The molecule has 0 saturated carbocycles. The summed E-state index contributed by atoms with van der Waals surface area (Å²) >= 11 is 0. The second-order valence-corrected chi connectivity index (χ2v) is 15.2. The van der Waals surface area contributed by atoms with Crippen LogP contribution in [-0.2, 0) is 4.57 Å². The molecule has 0 aliphatic carbocycles. The van der Waals surface area contributed by atoms with Gasteiger partial charge in [-0.1, -0.05) is 131 Å². The Balaban J connectivity index is 1.33. The Labute approximate surface area is 303 Å². The van der Waals surface area contributed by atoms with Gasteiger partial charge < -0.3 is 4.57 Å². The standard InChI is InChI=1S/C46H31N4OP/c47-32-33-15-13-20-36(27-33)39-29-40(31-43(30-39)52(51,41-23-9-3-10-24-41)42-25-11-4-12-26-42)37-21-14-22-38(28-37)46-49-44(34-16-5-1-6-17-34)48-45(50-46)35-18-7-2-8-19-35/h1-31H/p+1. The maximum Gasteiger partial charge on any atom is 0.308 e. The summed E-state index contributed by atoms with van der Waals surface area (Å²) in [5, 5.41) is 11.9. The van der Waals surface area contributed by atoms with Gasteiger partial charge in [-0.2, -0.15) is 5.26 Å². The molecule has 0 aliphatic heterocycles. The molecule has 52 heavy (non-hydrogen) atoms. The van der Waals surface area contributed by atoms with Crippen LogP contribution in [-0.4, -0.2) is 9.97 Å². The number of nitriles is 1. The zero-order chi connectivity index (χ0) is 35.3. The molecule has 0 spiro atoms. The van der Waals surface area contributed by atoms with E-state index in [4.69, 9.17) is 9.97 Å². The maximum absolute atomic E-state index is 15.7. The van der Waals surface area contributed by atoms with Gasteiger partial charge in [-0.3, -0.25) is 0 Å². The molecule has 6 heteroatoms. The number of hydrogen-bond donors (Lipinski definition) is 0. The van der Waals surface area contributed by atoms with Crippen molar-refractivity contribution in [2.45, 2.75) is 0 Å². The van der Waals surface area contributed by atoms with Gasteiger partial charge in [-0.25, -0.2) is 4.98 Å². The summed E-state index contributed by atoms with van der Waals surface area (Å²) in [6, 6.07) is 63.6. The van der Waals surface area contributed by atoms with Crippen LogP contribution in [0.5, 0.6) is 0 Å². The molecule has 8 rings (SSSR count). The van der Waals surface area contributed by atoms with Crippen LogP contribution in [0.2, 0.25) is 0 Å². The molecule has 0 unspecified atom stereocenters. The third-order valence-corrected chi connectivity index (χ3v) is 12.1. The van der Waals surface area contributed by atoms with Gasteiger partial charge in [-0.15, -0.1) is 0 Å². The lowest BCUT2D eigenvalue weighted by Crippen LogP contribution is -2.25. The molecule has 5 nitrogen and oxygen atoms in total. The molecule has 0 bridgehead atoms. The predicted molar refractivity (Wildman–Crippen MR) is 210 cm³/mol. The number of nitrogens with one attached hydrogen (secondary N) is 1. The third kappa shape index (κ3) is 6.48. The summed E-state index contributed by atoms with van der Waals surface area (Å²) in [6.45, 7) is 0. The summed E-state index contributed by atoms with van der Waals surface area (Å²) in [7, 11) is -3.33. The third-order valence-electron chi connectivity index (χ3n) is 9.07. The fourth-order valence-corrected chi connectivity index (χ4v) is 9.17. The predicted octanol–water partition coefficient (Wildman–Crippen LogP) is 9.14. The van der Waals surface area contributed by atoms with Gasteiger partial charge >= 0.3 is 5.82 Å². The van der Waals surface area contributed by atoms with Crippen LogP contribution in [0.25, 0.3) is 56.4 Å². The van der Waals surface area contributed by atoms with Gasteiger partial charge in [0.05, 0.1) is 28.3 Å². The second-order valence-electron chi connectivity index (χ2n) is 12.4. The van der Waals surface area contributed by atoms with Crippen LogP contribution in [0.4, 0.5) is 0 Å². The summed E-state index contributed by atoms with van der Waals surface area (Å²) in [5.74, 6) is 2.00. The number of aromatic nitrogens is 3. The van der Waals surface area contributed by atoms with Crippen molar-refractivity contribution in [1.29, 1.82) is 5.26 Å². The second kappa shape index (κ2) is 14.2. The molecule has 0 aliphatic rings. The summed E-state index contributed by atoms with van der Waals surface area (Å²) in [6.07, 6.45) is 0. The minimum absolute atomic E-state index is 0.559. The van der Waals surface area contributed by atoms with E-state index in [1.807, 2.05) is 164 Å². The Morgan fingerprint density at radius 2 is 0.865 bits per heavy atom. The summed E-state index contributed by atoms with van der Waals surface area (Å²) < 4.78 is 15.7. The molecule has 0 amide bonds. The Morgan fingerprint density at radius 1 is 0.423 bits per heavy atom. The molecule has 0 radical (unpaired) electrons. The number of benzene rings is 7. The van der Waals surface area contributed by atoms with E-state index in [-0.39, 0.29) is 0 Å². The Morgan fingerprint density at radius 3 is 1.44 bits per heavy atom. The largest absolute Gasteiger partial charge is 0.309 e. The van der Waals surface area contributed by atoms with E-state index in [1.54, 1.807) is 6.07 Å². The Kier molecular flexibility index (Phi) is 8.90. The van der Waals surface area contributed by atoms with Crippen LogP contribution >= 0.6 is 7.14 Å². The van der Waals surface area contributed by atoms with Gasteiger partial charge in [0.1, 0.15) is 0 Å². The highest BCUT2D eigenvalue weighted by atomic mass is 31.2. The molecular weight excluding hydrogens is 656 g/mol. The smallest absolute Gasteiger partial charge is 0.308 e. The highest BCUT2D eigenvalue weighted by Gasteiger charge is 2.31. The number of rotatable bonds is 8. The molecule has 1 heterocycles. The van der Waals surface area contributed by atoms with Crippen molar-refractivity contribution in [3.63, 3.8) is 0 Å². The molecule has 246 valence electrons. The van der Waals surface area contributed by atoms with Crippen LogP contribution < -0.4 is 20.9 Å². The number of hydrogen-bond acceptors (Lipinski definition) is 4. The lowest BCUT2D eigenvalue weighted by atomic mass is 9.97. The number of aromatic amines is 1. The average molecular weight is 688 g/mol. The van der Waals surface area contributed by atoms with Crippen LogP contribution in [0.1, 0.15) is 5.56 Å². The Bertz CT molecular complexity index is 2500. The van der Waals surface area contributed by atoms with Crippen molar-refractivity contribution >= 4 is 23.1 Å². The van der Waals surface area contributed by atoms with Gasteiger partial charge in [0.2, 0.25) is 0 Å². The van der Waals surface area contributed by atoms with E-state index in [2.05, 4.69) is 29.3 Å². The maximum atomic E-state index is 15.7. The first-order valence-corrected chi connectivity index (χ1v) is 18.7. The minimum Gasteiger partial charge on any atom is -0.309 e. The first kappa shape index (κ1) is 32.5. The highest BCUT2D eigenvalue weighted by molar-refractivity contribution is 7.85. The summed E-state index contributed by atoms with van der Waals surface area (Å²) in [5.41, 5.74) is 6.87. The minimum atomic E-state index is -3.33. The molecule has 7 aromatic carbocycles. The molecule has 0 fully saturated rings. The number of H-pyrrole nitrogens is 1. The van der Waals surface area contributed by atoms with Crippen LogP contribution in [0.15, 0.2) is 188 Å². The molecule has 0 atom stereocenters. The van der Waals surface area contributed by atoms with Crippen molar-refractivity contribution in [3.8, 4) is 62.5 Å². The zero-order valence-corrected chi connectivity index (χ0v) is 29.0. The molecule has 1 N–H and O–H groups in total. The van der Waals surface area contributed by atoms with E-state index >= 15 is 4.57 Å². The fourth-order valence-electron chi connectivity index (χ4n) is 6.45. The molecule has 1 aromatic heterocycles. The highest BCUT2D eigenvalue weighted by Crippen LogP contribution is 2.44. The molecular formula is C46H32N4OP+. The summed E-state index contributed by atoms with van der Waals surface area (Å²) in [4.78, 5) is 13.4. The van der Waals surface area contributed by atoms with Gasteiger partial charge in [0.15, 0.2) is 7.14 Å². The lowest BCUT2D eigenvalue weighted by molar-refractivity contribution is -0.359. The average Bonchev–Trinajstić information content (AvgIpc) is 3.24. The van der Waals surface area contributed by atoms with Crippen molar-refractivity contribution in [3.05, 3.63) is 194 Å². The van der Waals surface area contributed by atoms with Crippen molar-refractivity contribution in [2.75, 3.05) is 0 Å². The number of nitrogens with zero attached hydrogens (tertiary/aromatic N) is 3. The quantitative estimate of drug-likeness (QED) is 0.149. The van der Waals surface area contributed by atoms with E-state index < -0.39 is 7.14 Å².